The van der Waals surface area contributed by atoms with Gasteiger partial charge in [0, 0.05) is 12.7 Å². The molecule has 0 aliphatic carbocycles. The van der Waals surface area contributed by atoms with Crippen molar-refractivity contribution in [3.8, 4) is 17.2 Å². The summed E-state index contributed by atoms with van der Waals surface area (Å²) in [5.74, 6) is 2.77. The van der Waals surface area contributed by atoms with Gasteiger partial charge in [-0.3, -0.25) is 0 Å². The fourth-order valence-corrected chi connectivity index (χ4v) is 5.94. The van der Waals surface area contributed by atoms with E-state index in [1.165, 1.54) is 11.1 Å². The second kappa shape index (κ2) is 9.68. The van der Waals surface area contributed by atoms with Crippen molar-refractivity contribution in [3.05, 3.63) is 46.1 Å². The largest absolute Gasteiger partial charge is 0.495 e. The second-order valence-electron chi connectivity index (χ2n) is 8.72. The maximum Gasteiger partial charge on any atom is 0.229 e. The number of nitrogens with one attached hydrogen (secondary N) is 3. The summed E-state index contributed by atoms with van der Waals surface area (Å²) in [5, 5.41) is 10.6. The fraction of sp³-hybridized carbons (Fsp3) is 0.333. The highest BCUT2D eigenvalue weighted by molar-refractivity contribution is 9.10. The van der Waals surface area contributed by atoms with Crippen molar-refractivity contribution in [2.24, 2.45) is 0 Å². The van der Waals surface area contributed by atoms with Gasteiger partial charge in [0.25, 0.3) is 0 Å². The first-order valence-electron chi connectivity index (χ1n) is 11.3. The lowest BCUT2D eigenvalue weighted by molar-refractivity contribution is 0.173. The standard InChI is InChI=1S/C24H27BrN5O4P/c1-32-20-11-14-6-7-26-12-15(14)10-18(20)29-24-27-13-16(25)23(30-24)28-17-4-5-19-21(34-9-8-33-19)22(17)35(2,3)31/h4-5,10-11,13,26H,6-9,12H2,1-3H3,(H2,27,28,29,30). The van der Waals surface area contributed by atoms with E-state index in [1.807, 2.05) is 12.1 Å². The molecule has 0 saturated carbocycles. The van der Waals surface area contributed by atoms with E-state index in [9.17, 15) is 4.57 Å². The fourth-order valence-electron chi connectivity index (χ4n) is 4.28. The Bertz CT molecular complexity index is 1330. The van der Waals surface area contributed by atoms with Crippen molar-refractivity contribution in [1.29, 1.82) is 0 Å². The van der Waals surface area contributed by atoms with E-state index in [4.69, 9.17) is 14.2 Å². The molecule has 1 aromatic heterocycles. The number of fused-ring (bicyclic) bond motifs is 2. The number of hydrogen-bond donors (Lipinski definition) is 3. The number of benzene rings is 2. The quantitative estimate of drug-likeness (QED) is 0.379. The van der Waals surface area contributed by atoms with E-state index >= 15 is 0 Å². The third kappa shape index (κ3) is 4.96. The molecule has 9 nitrogen and oxygen atoms in total. The van der Waals surface area contributed by atoms with Crippen LogP contribution >= 0.6 is 23.1 Å². The SMILES string of the molecule is COc1cc2c(cc1Nc1ncc(Br)c(Nc3ccc4c(c3P(C)(C)=O)OCCO4)n1)CNCC2. The lowest BCUT2D eigenvalue weighted by Gasteiger charge is -2.25. The van der Waals surface area contributed by atoms with Crippen LogP contribution in [0, 0.1) is 0 Å². The van der Waals surface area contributed by atoms with Crippen molar-refractivity contribution < 1.29 is 18.8 Å². The Hall–Kier alpha value is -2.81. The third-order valence-corrected chi connectivity index (χ3v) is 7.97. The average molecular weight is 560 g/mol. The maximum absolute atomic E-state index is 13.2. The second-order valence-corrected chi connectivity index (χ2v) is 12.7. The Balaban J connectivity index is 1.48. The third-order valence-electron chi connectivity index (χ3n) is 5.87. The summed E-state index contributed by atoms with van der Waals surface area (Å²) < 4.78 is 31.1. The number of anilines is 4. The summed E-state index contributed by atoms with van der Waals surface area (Å²) in [6.45, 7) is 6.07. The molecule has 0 bridgehead atoms. The molecule has 2 aliphatic heterocycles. The molecule has 184 valence electrons. The van der Waals surface area contributed by atoms with Gasteiger partial charge in [-0.2, -0.15) is 4.98 Å². The smallest absolute Gasteiger partial charge is 0.229 e. The predicted molar refractivity (Wildman–Crippen MR) is 141 cm³/mol. The van der Waals surface area contributed by atoms with Crippen LogP contribution in [0.3, 0.4) is 0 Å². The molecule has 3 heterocycles. The molecule has 3 aromatic rings. The molecular formula is C24H27BrN5O4P. The maximum atomic E-state index is 13.2. The first-order chi connectivity index (χ1) is 16.8. The Kier molecular flexibility index (Phi) is 6.61. The number of hydrogen-bond acceptors (Lipinski definition) is 9. The topological polar surface area (TPSA) is 107 Å². The normalized spacial score (nSPS) is 14.7. The summed E-state index contributed by atoms with van der Waals surface area (Å²) >= 11 is 3.53. The van der Waals surface area contributed by atoms with Crippen LogP contribution in [0.5, 0.6) is 17.2 Å². The van der Waals surface area contributed by atoms with Crippen LogP contribution < -0.4 is 35.5 Å². The highest BCUT2D eigenvalue weighted by atomic mass is 79.9. The monoisotopic (exact) mass is 559 g/mol. The molecule has 0 fully saturated rings. The Morgan fingerprint density at radius 1 is 1.11 bits per heavy atom. The van der Waals surface area contributed by atoms with Gasteiger partial charge in [0.2, 0.25) is 5.95 Å². The zero-order valence-electron chi connectivity index (χ0n) is 19.8. The Labute approximate surface area is 212 Å². The average Bonchev–Trinajstić information content (AvgIpc) is 2.84. The molecule has 2 aliphatic rings. The van der Waals surface area contributed by atoms with Crippen LogP contribution in [-0.2, 0) is 17.5 Å². The lowest BCUT2D eigenvalue weighted by atomic mass is 10.00. The predicted octanol–water partition coefficient (Wildman–Crippen LogP) is 4.40. The Morgan fingerprint density at radius 3 is 2.74 bits per heavy atom. The zero-order valence-corrected chi connectivity index (χ0v) is 22.3. The number of aromatic nitrogens is 2. The minimum absolute atomic E-state index is 0.396. The number of ether oxygens (including phenoxy) is 3. The van der Waals surface area contributed by atoms with Crippen molar-refractivity contribution in [2.75, 3.05) is 50.8 Å². The zero-order chi connectivity index (χ0) is 24.6. The van der Waals surface area contributed by atoms with Gasteiger partial charge in [-0.05, 0) is 77.6 Å². The highest BCUT2D eigenvalue weighted by Crippen LogP contribution is 2.47. The molecule has 35 heavy (non-hydrogen) atoms. The van der Waals surface area contributed by atoms with E-state index in [1.54, 1.807) is 26.6 Å². The van der Waals surface area contributed by atoms with Crippen LogP contribution in [0.25, 0.3) is 0 Å². The molecule has 0 unspecified atom stereocenters. The molecule has 0 amide bonds. The van der Waals surface area contributed by atoms with Gasteiger partial charge >= 0.3 is 0 Å². The first kappa shape index (κ1) is 23.9. The lowest BCUT2D eigenvalue weighted by Crippen LogP contribution is -2.23. The van der Waals surface area contributed by atoms with Gasteiger partial charge in [0.05, 0.1) is 28.3 Å². The summed E-state index contributed by atoms with van der Waals surface area (Å²) in [7, 11) is -1.07. The van der Waals surface area contributed by atoms with E-state index in [-0.39, 0.29) is 0 Å². The number of methoxy groups -OCH3 is 1. The summed E-state index contributed by atoms with van der Waals surface area (Å²) in [5.41, 5.74) is 3.93. The summed E-state index contributed by atoms with van der Waals surface area (Å²) in [4.78, 5) is 9.10. The number of rotatable bonds is 6. The van der Waals surface area contributed by atoms with Crippen LogP contribution in [0.1, 0.15) is 11.1 Å². The molecule has 0 atom stereocenters. The number of nitrogens with zero attached hydrogens (tertiary/aromatic N) is 2. The van der Waals surface area contributed by atoms with Gasteiger partial charge in [0.15, 0.2) is 11.5 Å². The van der Waals surface area contributed by atoms with Crippen LogP contribution in [0.15, 0.2) is 34.9 Å². The van der Waals surface area contributed by atoms with E-state index in [0.717, 1.165) is 30.9 Å². The molecule has 2 aromatic carbocycles. The van der Waals surface area contributed by atoms with Gasteiger partial charge in [0.1, 0.15) is 31.9 Å². The van der Waals surface area contributed by atoms with Crippen LogP contribution in [0.4, 0.5) is 23.1 Å². The molecule has 5 rings (SSSR count). The first-order valence-corrected chi connectivity index (χ1v) is 14.7. The molecule has 0 radical (unpaired) electrons. The van der Waals surface area contributed by atoms with Crippen LogP contribution in [-0.4, -0.2) is 50.2 Å². The minimum Gasteiger partial charge on any atom is -0.495 e. The molecule has 3 N–H and O–H groups in total. The molecule has 11 heteroatoms. The van der Waals surface area contributed by atoms with Crippen molar-refractivity contribution in [2.45, 2.75) is 13.0 Å². The van der Waals surface area contributed by atoms with Crippen LogP contribution in [0.2, 0.25) is 0 Å². The van der Waals surface area contributed by atoms with Gasteiger partial charge in [-0.25, -0.2) is 4.98 Å². The van der Waals surface area contributed by atoms with Crippen molar-refractivity contribution in [1.82, 2.24) is 15.3 Å². The van der Waals surface area contributed by atoms with E-state index in [0.29, 0.717) is 51.9 Å². The van der Waals surface area contributed by atoms with E-state index < -0.39 is 7.14 Å². The number of halogens is 1. The Morgan fingerprint density at radius 2 is 1.94 bits per heavy atom. The minimum atomic E-state index is -2.72. The van der Waals surface area contributed by atoms with Crippen molar-refractivity contribution in [3.63, 3.8) is 0 Å². The van der Waals surface area contributed by atoms with Gasteiger partial charge in [-0.1, -0.05) is 0 Å². The van der Waals surface area contributed by atoms with E-state index in [2.05, 4.69) is 54.0 Å². The summed E-state index contributed by atoms with van der Waals surface area (Å²) in [6, 6.07) is 7.79. The highest BCUT2D eigenvalue weighted by Gasteiger charge is 2.28. The molecule has 0 spiro atoms. The van der Waals surface area contributed by atoms with Crippen molar-refractivity contribution >= 4 is 51.5 Å². The molecular weight excluding hydrogens is 533 g/mol. The summed E-state index contributed by atoms with van der Waals surface area (Å²) in [6.07, 6.45) is 2.63. The molecule has 0 saturated heterocycles. The van der Waals surface area contributed by atoms with Gasteiger partial charge < -0.3 is 34.7 Å². The van der Waals surface area contributed by atoms with Gasteiger partial charge in [-0.15, -0.1) is 0 Å².